The van der Waals surface area contributed by atoms with Crippen LogP contribution in [0.5, 0.6) is 0 Å². The van der Waals surface area contributed by atoms with Gasteiger partial charge in [-0.15, -0.1) is 0 Å². The van der Waals surface area contributed by atoms with Gasteiger partial charge in [-0.25, -0.2) is 9.83 Å². The lowest BCUT2D eigenvalue weighted by Crippen LogP contribution is -2.30. The number of carbonyl (C=O) groups is 2. The maximum Gasteiger partial charge on any atom is 0.216 e. The fraction of sp³-hybridized carbons (Fsp3) is 0.481. The zero-order chi connectivity index (χ0) is 24.6. The Balaban J connectivity index is 1.87. The van der Waals surface area contributed by atoms with E-state index in [0.717, 1.165) is 33.6 Å². The number of rotatable bonds is 7. The topological polar surface area (TPSA) is 74.8 Å². The molecule has 0 radical (unpaired) electrons. The van der Waals surface area contributed by atoms with Crippen LogP contribution < -0.4 is 0 Å². The molecular formula is C27H33N5O2. The number of fused-ring (bicyclic) bond motifs is 1. The highest BCUT2D eigenvalue weighted by Gasteiger charge is 2.34. The Morgan fingerprint density at radius 2 is 1.74 bits per heavy atom. The molecule has 3 aromatic rings. The Labute approximate surface area is 201 Å². The number of H-pyrrole nitrogens is 1. The van der Waals surface area contributed by atoms with Crippen LogP contribution in [0.1, 0.15) is 56.0 Å². The molecule has 4 rings (SSSR count). The Bertz CT molecular complexity index is 1220. The van der Waals surface area contributed by atoms with Gasteiger partial charge in [0.1, 0.15) is 5.65 Å². The van der Waals surface area contributed by atoms with Crippen LogP contribution in [0, 0.1) is 44.1 Å². The van der Waals surface area contributed by atoms with E-state index in [1.165, 1.54) is 12.8 Å². The van der Waals surface area contributed by atoms with Gasteiger partial charge in [-0.1, -0.05) is 38.0 Å². The summed E-state index contributed by atoms with van der Waals surface area (Å²) in [5.74, 6) is 2.97. The van der Waals surface area contributed by atoms with Crippen molar-refractivity contribution in [3.63, 3.8) is 0 Å². The van der Waals surface area contributed by atoms with E-state index >= 15 is 0 Å². The Kier molecular flexibility index (Phi) is 6.60. The highest BCUT2D eigenvalue weighted by Crippen LogP contribution is 2.43. The van der Waals surface area contributed by atoms with Gasteiger partial charge in [-0.3, -0.25) is 24.1 Å². The standard InChI is InChI=1S/C27H33N5O2/c1-16-7-17(2)11-21(10-16)26-29-27-23(12-22-19(4)8-18(3)9-20(22)5)25(28-6)24(32(27)30-26)13-31(14-33)15-34/h7,10-11,14-15,18-20,22H,8-9,12-13H2,1-5H3,(H,29,30). The van der Waals surface area contributed by atoms with Crippen LogP contribution >= 0.6 is 0 Å². The summed E-state index contributed by atoms with van der Waals surface area (Å²) < 4.78 is 1.80. The molecule has 34 heavy (non-hydrogen) atoms. The van der Waals surface area contributed by atoms with Gasteiger partial charge < -0.3 is 0 Å². The highest BCUT2D eigenvalue weighted by atomic mass is 16.2. The van der Waals surface area contributed by atoms with Crippen LogP contribution in [-0.4, -0.2) is 32.3 Å². The molecule has 0 saturated heterocycles. The number of hydrogen-bond acceptors (Lipinski definition) is 3. The molecule has 2 unspecified atom stereocenters. The molecule has 0 spiro atoms. The van der Waals surface area contributed by atoms with Gasteiger partial charge in [-0.05, 0) is 68.9 Å². The molecule has 1 aliphatic carbocycles. The van der Waals surface area contributed by atoms with E-state index in [-0.39, 0.29) is 6.54 Å². The molecule has 1 fully saturated rings. The van der Waals surface area contributed by atoms with Crippen molar-refractivity contribution in [2.24, 2.45) is 23.7 Å². The summed E-state index contributed by atoms with van der Waals surface area (Å²) in [4.78, 5) is 32.6. The highest BCUT2D eigenvalue weighted by molar-refractivity contribution is 5.75. The SMILES string of the molecule is [C-]#[N+]c1c(CC2C(C)CC(C)CC2C)c2nc(-c3cc(C)cc(C)c3)[nH]n2c1CN(C=O)C=O. The van der Waals surface area contributed by atoms with E-state index in [2.05, 4.69) is 62.8 Å². The summed E-state index contributed by atoms with van der Waals surface area (Å²) in [6.07, 6.45) is 4.12. The first kappa shape index (κ1) is 23.7. The summed E-state index contributed by atoms with van der Waals surface area (Å²) in [6.45, 7) is 19.0. The van der Waals surface area contributed by atoms with Crippen LogP contribution in [0.4, 0.5) is 5.69 Å². The molecule has 2 aromatic heterocycles. The van der Waals surface area contributed by atoms with Crippen molar-refractivity contribution in [3.8, 4) is 11.4 Å². The summed E-state index contributed by atoms with van der Waals surface area (Å²) in [5.41, 5.74) is 5.97. The van der Waals surface area contributed by atoms with Crippen LogP contribution in [0.2, 0.25) is 0 Å². The number of aromatic amines is 1. The number of imide groups is 1. The van der Waals surface area contributed by atoms with E-state index in [4.69, 9.17) is 11.6 Å². The first-order valence-electron chi connectivity index (χ1n) is 12.0. The van der Waals surface area contributed by atoms with Crippen LogP contribution in [0.3, 0.4) is 0 Å². The minimum Gasteiger partial charge on any atom is -0.283 e. The van der Waals surface area contributed by atoms with Gasteiger partial charge in [0.05, 0.1) is 18.8 Å². The fourth-order valence-electron chi connectivity index (χ4n) is 6.02. The van der Waals surface area contributed by atoms with Crippen molar-refractivity contribution < 1.29 is 9.59 Å². The molecule has 0 aliphatic heterocycles. The van der Waals surface area contributed by atoms with E-state index < -0.39 is 0 Å². The van der Waals surface area contributed by atoms with Crippen molar-refractivity contribution in [1.82, 2.24) is 19.5 Å². The van der Waals surface area contributed by atoms with Gasteiger partial charge >= 0.3 is 0 Å². The van der Waals surface area contributed by atoms with Gasteiger partial charge in [0.15, 0.2) is 5.82 Å². The third kappa shape index (κ3) is 4.37. The quantitative estimate of drug-likeness (QED) is 0.376. The van der Waals surface area contributed by atoms with Gasteiger partial charge in [-0.2, -0.15) is 0 Å². The van der Waals surface area contributed by atoms with Crippen molar-refractivity contribution >= 4 is 24.2 Å². The molecule has 1 N–H and O–H groups in total. The Morgan fingerprint density at radius 1 is 1.12 bits per heavy atom. The second-order valence-electron chi connectivity index (χ2n) is 10.3. The molecule has 1 aliphatic rings. The number of nitrogens with zero attached hydrogens (tertiary/aromatic N) is 4. The second kappa shape index (κ2) is 9.46. The molecular weight excluding hydrogens is 426 g/mol. The number of aryl methyl sites for hydroxylation is 2. The Morgan fingerprint density at radius 3 is 2.29 bits per heavy atom. The molecule has 1 saturated carbocycles. The molecule has 2 heterocycles. The van der Waals surface area contributed by atoms with Crippen molar-refractivity contribution in [3.05, 3.63) is 52.0 Å². The molecule has 2 amide bonds. The molecule has 7 nitrogen and oxygen atoms in total. The average Bonchev–Trinajstić information content (AvgIpc) is 3.31. The molecule has 178 valence electrons. The zero-order valence-corrected chi connectivity index (χ0v) is 20.6. The third-order valence-corrected chi connectivity index (χ3v) is 7.41. The lowest BCUT2D eigenvalue weighted by atomic mass is 9.67. The Hall–Kier alpha value is -3.40. The smallest absolute Gasteiger partial charge is 0.216 e. The first-order valence-corrected chi connectivity index (χ1v) is 12.0. The van der Waals surface area contributed by atoms with E-state index in [1.54, 1.807) is 4.52 Å². The molecule has 1 aromatic carbocycles. The lowest BCUT2D eigenvalue weighted by molar-refractivity contribution is -0.129. The summed E-state index contributed by atoms with van der Waals surface area (Å²) >= 11 is 0. The molecule has 0 bridgehead atoms. The van der Waals surface area contributed by atoms with Crippen molar-refractivity contribution in [1.29, 1.82) is 0 Å². The summed E-state index contributed by atoms with van der Waals surface area (Å²) in [5, 5.41) is 3.35. The summed E-state index contributed by atoms with van der Waals surface area (Å²) in [6, 6.07) is 6.28. The first-order chi connectivity index (χ1) is 16.2. The van der Waals surface area contributed by atoms with E-state index in [0.29, 0.717) is 59.3 Å². The fourth-order valence-corrected chi connectivity index (χ4v) is 6.02. The maximum atomic E-state index is 11.4. The number of carbonyl (C=O) groups excluding carboxylic acids is 2. The summed E-state index contributed by atoms with van der Waals surface area (Å²) in [7, 11) is 0. The minimum absolute atomic E-state index is 0.0210. The number of benzene rings is 1. The van der Waals surface area contributed by atoms with Gasteiger partial charge in [0.2, 0.25) is 18.5 Å². The number of aromatic nitrogens is 3. The number of hydrogen-bond donors (Lipinski definition) is 1. The number of nitrogens with one attached hydrogen (secondary N) is 1. The third-order valence-electron chi connectivity index (χ3n) is 7.41. The normalized spacial score (nSPS) is 22.5. The lowest BCUT2D eigenvalue weighted by Gasteiger charge is -2.38. The van der Waals surface area contributed by atoms with Gasteiger partial charge in [0.25, 0.3) is 0 Å². The molecule has 7 heteroatoms. The largest absolute Gasteiger partial charge is 0.283 e. The van der Waals surface area contributed by atoms with Crippen LogP contribution in [-0.2, 0) is 22.6 Å². The predicted octanol–water partition coefficient (Wildman–Crippen LogP) is 5.47. The van der Waals surface area contributed by atoms with E-state index in [1.807, 2.05) is 0 Å². The van der Waals surface area contributed by atoms with Crippen LogP contribution in [0.15, 0.2) is 18.2 Å². The van der Waals surface area contributed by atoms with Crippen molar-refractivity contribution in [2.45, 2.75) is 60.4 Å². The second-order valence-corrected chi connectivity index (χ2v) is 10.3. The predicted molar refractivity (Wildman–Crippen MR) is 132 cm³/mol. The van der Waals surface area contributed by atoms with E-state index in [9.17, 15) is 9.59 Å². The maximum absolute atomic E-state index is 11.4. The van der Waals surface area contributed by atoms with Gasteiger partial charge in [0, 0.05) is 11.1 Å². The van der Waals surface area contributed by atoms with Crippen LogP contribution in [0.25, 0.3) is 21.9 Å². The monoisotopic (exact) mass is 459 g/mol. The zero-order valence-electron chi connectivity index (χ0n) is 20.6. The van der Waals surface area contributed by atoms with Crippen molar-refractivity contribution in [2.75, 3.05) is 0 Å². The molecule has 2 atom stereocenters. The average molecular weight is 460 g/mol. The minimum atomic E-state index is 0.0210. The number of amides is 2.